The van der Waals surface area contributed by atoms with E-state index in [1.54, 1.807) is 18.0 Å². The molecule has 1 aromatic carbocycles. The lowest BCUT2D eigenvalue weighted by Crippen LogP contribution is -2.50. The van der Waals surface area contributed by atoms with Crippen molar-refractivity contribution in [1.82, 2.24) is 9.80 Å². The van der Waals surface area contributed by atoms with Gasteiger partial charge in [0.25, 0.3) is 5.91 Å². The zero-order chi connectivity index (χ0) is 19.3. The number of hydrogen-bond donors (Lipinski definition) is 0. The predicted octanol–water partition coefficient (Wildman–Crippen LogP) is 1.04. The summed E-state index contributed by atoms with van der Waals surface area (Å²) in [6.07, 6.45) is 0. The Morgan fingerprint density at radius 2 is 1.77 bits per heavy atom. The lowest BCUT2D eigenvalue weighted by Gasteiger charge is -2.32. The molecule has 2 saturated heterocycles. The molecule has 0 atom stereocenters. The average Bonchev–Trinajstić information content (AvgIpc) is 2.77. The molecule has 2 aliphatic heterocycles. The normalized spacial score (nSPS) is 22.1. The highest BCUT2D eigenvalue weighted by Crippen LogP contribution is 2.36. The van der Waals surface area contributed by atoms with E-state index >= 15 is 0 Å². The Morgan fingerprint density at radius 3 is 2.31 bits per heavy atom. The number of carbonyl (C=O) groups is 2. The largest absolute Gasteiger partial charge is 0.497 e. The van der Waals surface area contributed by atoms with Crippen LogP contribution in [0.5, 0.6) is 0 Å². The molecule has 2 heterocycles. The van der Waals surface area contributed by atoms with E-state index in [-0.39, 0.29) is 29.4 Å². The van der Waals surface area contributed by atoms with Crippen molar-refractivity contribution < 1.29 is 23.3 Å². The second-order valence-corrected chi connectivity index (χ2v) is 7.87. The molecular formula is C18H24BFN2O4. The molecule has 0 aromatic heterocycles. The molecule has 140 valence electrons. The topological polar surface area (TPSA) is 59.1 Å². The van der Waals surface area contributed by atoms with E-state index in [1.807, 2.05) is 27.7 Å². The van der Waals surface area contributed by atoms with Gasteiger partial charge in [-0.2, -0.15) is 0 Å². The number of benzene rings is 1. The first-order valence-electron chi connectivity index (χ1n) is 8.70. The average molecular weight is 362 g/mol. The number of rotatable bonds is 2. The molecule has 0 saturated carbocycles. The van der Waals surface area contributed by atoms with Crippen molar-refractivity contribution in [2.24, 2.45) is 0 Å². The molecule has 8 heteroatoms. The van der Waals surface area contributed by atoms with Gasteiger partial charge in [0.2, 0.25) is 5.91 Å². The van der Waals surface area contributed by atoms with Gasteiger partial charge in [-0.15, -0.1) is 0 Å². The third-order valence-corrected chi connectivity index (χ3v) is 5.50. The van der Waals surface area contributed by atoms with Crippen molar-refractivity contribution in [2.45, 2.75) is 38.9 Å². The minimum atomic E-state index is -0.825. The minimum absolute atomic E-state index is 0.00985. The maximum atomic E-state index is 14.7. The number of nitrogens with zero attached hydrogens (tertiary/aromatic N) is 2. The number of likely N-dealkylation sites (N-methyl/N-ethyl adjacent to an activating group) is 1. The summed E-state index contributed by atoms with van der Waals surface area (Å²) in [6.45, 7) is 8.50. The molecule has 2 amide bonds. The summed E-state index contributed by atoms with van der Waals surface area (Å²) in [5.41, 5.74) is -0.674. The van der Waals surface area contributed by atoms with Crippen LogP contribution in [0.3, 0.4) is 0 Å². The van der Waals surface area contributed by atoms with Gasteiger partial charge in [-0.3, -0.25) is 9.59 Å². The molecule has 0 aliphatic carbocycles. The van der Waals surface area contributed by atoms with Crippen LogP contribution in [0.1, 0.15) is 38.1 Å². The number of carbonyl (C=O) groups excluding carboxylic acids is 2. The Hall–Kier alpha value is -1.93. The van der Waals surface area contributed by atoms with Crippen molar-refractivity contribution in [3.8, 4) is 0 Å². The Kier molecular flexibility index (Phi) is 4.61. The van der Waals surface area contributed by atoms with Gasteiger partial charge in [0.05, 0.1) is 11.2 Å². The molecule has 2 fully saturated rings. The van der Waals surface area contributed by atoms with E-state index in [4.69, 9.17) is 9.31 Å². The maximum Gasteiger partial charge on any atom is 0.497 e. The highest BCUT2D eigenvalue weighted by atomic mass is 19.1. The Balaban J connectivity index is 1.78. The van der Waals surface area contributed by atoms with Gasteiger partial charge in [-0.05, 0) is 39.8 Å². The molecule has 0 N–H and O–H groups in total. The van der Waals surface area contributed by atoms with Gasteiger partial charge < -0.3 is 19.1 Å². The Bertz CT molecular complexity index is 737. The summed E-state index contributed by atoms with van der Waals surface area (Å²) >= 11 is 0. The Labute approximate surface area is 153 Å². The molecule has 1 aromatic rings. The number of amides is 2. The molecular weight excluding hydrogens is 338 g/mol. The van der Waals surface area contributed by atoms with Crippen molar-refractivity contribution in [2.75, 3.05) is 26.7 Å². The van der Waals surface area contributed by atoms with Crippen LogP contribution in [0.15, 0.2) is 18.2 Å². The molecule has 3 rings (SSSR count). The van der Waals surface area contributed by atoms with Gasteiger partial charge in [0.1, 0.15) is 12.4 Å². The van der Waals surface area contributed by atoms with E-state index < -0.39 is 24.1 Å². The monoisotopic (exact) mass is 362 g/mol. The van der Waals surface area contributed by atoms with Crippen LogP contribution in [0, 0.1) is 5.82 Å². The van der Waals surface area contributed by atoms with Crippen LogP contribution < -0.4 is 5.46 Å². The second kappa shape index (κ2) is 6.35. The van der Waals surface area contributed by atoms with Crippen LogP contribution in [-0.4, -0.2) is 66.6 Å². The van der Waals surface area contributed by atoms with Crippen LogP contribution in [0.4, 0.5) is 4.39 Å². The molecule has 26 heavy (non-hydrogen) atoms. The number of hydrogen-bond acceptors (Lipinski definition) is 4. The van der Waals surface area contributed by atoms with Gasteiger partial charge in [0, 0.05) is 31.2 Å². The smallest absolute Gasteiger partial charge is 0.399 e. The summed E-state index contributed by atoms with van der Waals surface area (Å²) in [5.74, 6) is -1.04. The fraction of sp³-hybridized carbons (Fsp3) is 0.556. The van der Waals surface area contributed by atoms with E-state index in [1.165, 1.54) is 17.0 Å². The van der Waals surface area contributed by atoms with Gasteiger partial charge >= 0.3 is 7.12 Å². The second-order valence-electron chi connectivity index (χ2n) is 7.87. The van der Waals surface area contributed by atoms with Crippen LogP contribution in [0.25, 0.3) is 0 Å². The minimum Gasteiger partial charge on any atom is -0.399 e. The van der Waals surface area contributed by atoms with Crippen molar-refractivity contribution >= 4 is 24.4 Å². The summed E-state index contributed by atoms with van der Waals surface area (Å²) in [7, 11) is 0.873. The van der Waals surface area contributed by atoms with E-state index in [0.717, 1.165) is 0 Å². The van der Waals surface area contributed by atoms with E-state index in [0.29, 0.717) is 13.1 Å². The van der Waals surface area contributed by atoms with Gasteiger partial charge in [0.15, 0.2) is 0 Å². The lowest BCUT2D eigenvalue weighted by atomic mass is 9.78. The van der Waals surface area contributed by atoms with Gasteiger partial charge in [-0.25, -0.2) is 4.39 Å². The van der Waals surface area contributed by atoms with Crippen molar-refractivity contribution in [3.05, 3.63) is 29.6 Å². The third-order valence-electron chi connectivity index (χ3n) is 5.50. The molecule has 0 spiro atoms. The van der Waals surface area contributed by atoms with Crippen LogP contribution in [0.2, 0.25) is 0 Å². The lowest BCUT2D eigenvalue weighted by molar-refractivity contribution is -0.133. The van der Waals surface area contributed by atoms with E-state index in [2.05, 4.69) is 0 Å². The van der Waals surface area contributed by atoms with Crippen molar-refractivity contribution in [1.29, 1.82) is 0 Å². The predicted molar refractivity (Wildman–Crippen MR) is 95.7 cm³/mol. The fourth-order valence-corrected chi connectivity index (χ4v) is 2.94. The van der Waals surface area contributed by atoms with Gasteiger partial charge in [-0.1, -0.05) is 6.07 Å². The number of halogens is 1. The van der Waals surface area contributed by atoms with Crippen molar-refractivity contribution in [3.63, 3.8) is 0 Å². The first-order valence-corrected chi connectivity index (χ1v) is 8.70. The highest BCUT2D eigenvalue weighted by Gasteiger charge is 2.52. The zero-order valence-corrected chi connectivity index (χ0v) is 15.8. The fourth-order valence-electron chi connectivity index (χ4n) is 2.94. The highest BCUT2D eigenvalue weighted by molar-refractivity contribution is 6.62. The van der Waals surface area contributed by atoms with Crippen LogP contribution in [-0.2, 0) is 14.1 Å². The van der Waals surface area contributed by atoms with E-state index in [9.17, 15) is 14.0 Å². The molecule has 0 unspecified atom stereocenters. The third kappa shape index (κ3) is 3.23. The summed E-state index contributed by atoms with van der Waals surface area (Å²) in [6, 6.07) is 4.25. The molecule has 6 nitrogen and oxygen atoms in total. The maximum absolute atomic E-state index is 14.7. The summed E-state index contributed by atoms with van der Waals surface area (Å²) < 4.78 is 26.4. The standard InChI is InChI=1S/C18H24BFN2O4/c1-17(2)18(3,4)26-19(25-17)13-7-6-12(10-14(13)20)16(24)22-9-8-21(5)15(23)11-22/h6-7,10H,8-9,11H2,1-5H3. The SMILES string of the molecule is CN1CCN(C(=O)c2ccc(B3OC(C)(C)C(C)(C)O3)c(F)c2)CC1=O. The summed E-state index contributed by atoms with van der Waals surface area (Å²) in [5, 5.41) is 0. The summed E-state index contributed by atoms with van der Waals surface area (Å²) in [4.78, 5) is 27.4. The van der Waals surface area contributed by atoms with Crippen LogP contribution >= 0.6 is 0 Å². The zero-order valence-electron chi connectivity index (χ0n) is 15.8. The number of piperazine rings is 1. The molecule has 0 radical (unpaired) electrons. The first kappa shape index (κ1) is 18.9. The molecule has 2 aliphatic rings. The Morgan fingerprint density at radius 1 is 1.15 bits per heavy atom. The first-order chi connectivity index (χ1) is 12.0. The quantitative estimate of drug-likeness (QED) is 0.738. The molecule has 0 bridgehead atoms.